The number of carbonyl (C=O) groups is 2. The third-order valence-corrected chi connectivity index (χ3v) is 4.28. The zero-order valence-corrected chi connectivity index (χ0v) is 11.4. The Balaban J connectivity index is 1.94. The van der Waals surface area contributed by atoms with Crippen LogP contribution in [0, 0.1) is 11.8 Å². The van der Waals surface area contributed by atoms with E-state index in [4.69, 9.17) is 9.84 Å². The van der Waals surface area contributed by atoms with Gasteiger partial charge in [-0.1, -0.05) is 12.8 Å². The smallest absolute Gasteiger partial charge is 0.310 e. The van der Waals surface area contributed by atoms with E-state index in [2.05, 4.69) is 0 Å². The summed E-state index contributed by atoms with van der Waals surface area (Å²) in [6, 6.07) is 0. The van der Waals surface area contributed by atoms with Crippen LogP contribution in [0.25, 0.3) is 0 Å². The first kappa shape index (κ1) is 15.3. The molecule has 20 heavy (non-hydrogen) atoms. The van der Waals surface area contributed by atoms with Crippen LogP contribution in [0.15, 0.2) is 0 Å². The molecule has 0 aromatic rings. The molecule has 114 valence electrons. The summed E-state index contributed by atoms with van der Waals surface area (Å²) in [4.78, 5) is 23.3. The first-order chi connectivity index (χ1) is 9.47. The summed E-state index contributed by atoms with van der Waals surface area (Å²) in [5.74, 6) is -2.72. The van der Waals surface area contributed by atoms with Crippen LogP contribution in [0.3, 0.4) is 0 Å². The average molecular weight is 286 g/mol. The van der Waals surface area contributed by atoms with Crippen LogP contribution >= 0.6 is 0 Å². The molecule has 0 aromatic heterocycles. The summed E-state index contributed by atoms with van der Waals surface area (Å²) in [7, 11) is 0. The topological polar surface area (TPSA) is 104 Å². The monoisotopic (exact) mass is 286 g/mol. The van der Waals surface area contributed by atoms with Gasteiger partial charge in [-0.2, -0.15) is 0 Å². The zero-order valence-electron chi connectivity index (χ0n) is 11.4. The van der Waals surface area contributed by atoms with Gasteiger partial charge in [-0.25, -0.2) is 0 Å². The molecule has 0 aliphatic heterocycles. The number of aliphatic hydroxyl groups is 2. The van der Waals surface area contributed by atoms with Crippen molar-refractivity contribution in [3.05, 3.63) is 0 Å². The number of ether oxygens (including phenoxy) is 1. The minimum absolute atomic E-state index is 0.301. The van der Waals surface area contributed by atoms with Gasteiger partial charge in [0.15, 0.2) is 0 Å². The third kappa shape index (κ3) is 3.70. The Bertz CT molecular complexity index is 359. The first-order valence-electron chi connectivity index (χ1n) is 7.26. The molecule has 4 unspecified atom stereocenters. The maximum Gasteiger partial charge on any atom is 0.310 e. The molecule has 0 amide bonds. The summed E-state index contributed by atoms with van der Waals surface area (Å²) in [6.07, 6.45) is 1.77. The fraction of sp³-hybridized carbons (Fsp3) is 0.857. The molecule has 0 saturated heterocycles. The molecule has 2 rings (SSSR count). The fourth-order valence-corrected chi connectivity index (χ4v) is 3.27. The lowest BCUT2D eigenvalue weighted by Gasteiger charge is -2.32. The van der Waals surface area contributed by atoms with E-state index in [0.29, 0.717) is 32.1 Å². The average Bonchev–Trinajstić information content (AvgIpc) is 2.37. The predicted molar refractivity (Wildman–Crippen MR) is 68.8 cm³/mol. The number of rotatable bonds is 3. The Morgan fingerprint density at radius 3 is 2.00 bits per heavy atom. The maximum absolute atomic E-state index is 12.1. The highest BCUT2D eigenvalue weighted by molar-refractivity contribution is 5.81. The second kappa shape index (κ2) is 6.54. The summed E-state index contributed by atoms with van der Waals surface area (Å²) in [5.41, 5.74) is 0. The molecule has 2 aliphatic carbocycles. The standard InChI is InChI=1S/C14H22O6/c15-8-5-9(16)7-10(6-8)20-14(19)12-4-2-1-3-11(12)13(17)18/h8-12,15-16H,1-7H2,(H,17,18). The van der Waals surface area contributed by atoms with Gasteiger partial charge in [0.2, 0.25) is 0 Å². The maximum atomic E-state index is 12.1. The van der Waals surface area contributed by atoms with Crippen molar-refractivity contribution in [1.29, 1.82) is 0 Å². The van der Waals surface area contributed by atoms with E-state index in [-0.39, 0.29) is 0 Å². The van der Waals surface area contributed by atoms with E-state index in [9.17, 15) is 19.8 Å². The Morgan fingerprint density at radius 1 is 0.900 bits per heavy atom. The largest absolute Gasteiger partial charge is 0.481 e. The van der Waals surface area contributed by atoms with Gasteiger partial charge in [-0.05, 0) is 19.3 Å². The van der Waals surface area contributed by atoms with Crippen molar-refractivity contribution < 1.29 is 29.6 Å². The number of hydrogen-bond donors (Lipinski definition) is 3. The summed E-state index contributed by atoms with van der Waals surface area (Å²) >= 11 is 0. The summed E-state index contributed by atoms with van der Waals surface area (Å²) < 4.78 is 5.33. The van der Waals surface area contributed by atoms with E-state index >= 15 is 0 Å². The van der Waals surface area contributed by atoms with Crippen molar-refractivity contribution in [3.63, 3.8) is 0 Å². The fourth-order valence-electron chi connectivity index (χ4n) is 3.27. The normalized spacial score (nSPS) is 38.2. The van der Waals surface area contributed by atoms with Crippen molar-refractivity contribution in [2.75, 3.05) is 0 Å². The molecule has 4 atom stereocenters. The Labute approximate surface area is 117 Å². The van der Waals surface area contributed by atoms with Crippen LogP contribution in [0.2, 0.25) is 0 Å². The second-order valence-electron chi connectivity index (χ2n) is 5.91. The van der Waals surface area contributed by atoms with Gasteiger partial charge in [0.25, 0.3) is 0 Å². The molecule has 0 radical (unpaired) electrons. The van der Waals surface area contributed by atoms with E-state index in [1.54, 1.807) is 0 Å². The SMILES string of the molecule is O=C(O)C1CCCCC1C(=O)OC1CC(O)CC(O)C1. The van der Waals surface area contributed by atoms with Gasteiger partial charge in [-0.15, -0.1) is 0 Å². The highest BCUT2D eigenvalue weighted by Crippen LogP contribution is 2.32. The number of carbonyl (C=O) groups excluding carboxylic acids is 1. The molecular weight excluding hydrogens is 264 g/mol. The Morgan fingerprint density at radius 2 is 1.45 bits per heavy atom. The van der Waals surface area contributed by atoms with Gasteiger partial charge in [-0.3, -0.25) is 9.59 Å². The van der Waals surface area contributed by atoms with Crippen molar-refractivity contribution in [1.82, 2.24) is 0 Å². The van der Waals surface area contributed by atoms with Crippen LogP contribution < -0.4 is 0 Å². The minimum atomic E-state index is -0.949. The number of aliphatic hydroxyl groups excluding tert-OH is 2. The molecule has 0 spiro atoms. The van der Waals surface area contributed by atoms with Gasteiger partial charge < -0.3 is 20.1 Å². The number of esters is 1. The molecule has 6 heteroatoms. The predicted octanol–water partition coefficient (Wildman–Crippen LogP) is 0.695. The Hall–Kier alpha value is -1.14. The molecule has 3 N–H and O–H groups in total. The Kier molecular flexibility index (Phi) is 4.99. The molecule has 2 saturated carbocycles. The zero-order chi connectivity index (χ0) is 14.7. The van der Waals surface area contributed by atoms with Crippen LogP contribution in [0.1, 0.15) is 44.9 Å². The number of aliphatic carboxylic acids is 1. The van der Waals surface area contributed by atoms with Crippen molar-refractivity contribution >= 4 is 11.9 Å². The molecule has 0 bridgehead atoms. The summed E-state index contributed by atoms with van der Waals surface area (Å²) in [6.45, 7) is 0. The lowest BCUT2D eigenvalue weighted by atomic mass is 9.79. The van der Waals surface area contributed by atoms with Gasteiger partial charge in [0.1, 0.15) is 6.10 Å². The quantitative estimate of drug-likeness (QED) is 0.660. The molecule has 0 aromatic carbocycles. The van der Waals surface area contributed by atoms with Gasteiger partial charge in [0.05, 0.1) is 24.0 Å². The van der Waals surface area contributed by atoms with Gasteiger partial charge >= 0.3 is 11.9 Å². The van der Waals surface area contributed by atoms with Gasteiger partial charge in [0, 0.05) is 12.8 Å². The van der Waals surface area contributed by atoms with Crippen molar-refractivity contribution in [3.8, 4) is 0 Å². The number of carboxylic acid groups (broad SMARTS) is 1. The second-order valence-corrected chi connectivity index (χ2v) is 5.91. The molecule has 6 nitrogen and oxygen atoms in total. The lowest BCUT2D eigenvalue weighted by Crippen LogP contribution is -2.39. The number of hydrogen-bond acceptors (Lipinski definition) is 5. The lowest BCUT2D eigenvalue weighted by molar-refractivity contribution is -0.168. The van der Waals surface area contributed by atoms with Crippen molar-refractivity contribution in [2.45, 2.75) is 63.3 Å². The third-order valence-electron chi connectivity index (χ3n) is 4.28. The highest BCUT2D eigenvalue weighted by Gasteiger charge is 2.38. The van der Waals surface area contributed by atoms with E-state index in [0.717, 1.165) is 12.8 Å². The van der Waals surface area contributed by atoms with Crippen molar-refractivity contribution in [2.24, 2.45) is 11.8 Å². The van der Waals surface area contributed by atoms with E-state index in [1.165, 1.54) is 0 Å². The first-order valence-corrected chi connectivity index (χ1v) is 7.26. The van der Waals surface area contributed by atoms with Crippen LogP contribution in [0.5, 0.6) is 0 Å². The number of carboxylic acids is 1. The van der Waals surface area contributed by atoms with Crippen LogP contribution in [-0.4, -0.2) is 45.6 Å². The molecule has 2 aliphatic rings. The molecule has 2 fully saturated rings. The molecular formula is C14H22O6. The van der Waals surface area contributed by atoms with E-state index < -0.39 is 42.1 Å². The van der Waals surface area contributed by atoms with Crippen LogP contribution in [-0.2, 0) is 14.3 Å². The van der Waals surface area contributed by atoms with Crippen LogP contribution in [0.4, 0.5) is 0 Å². The summed E-state index contributed by atoms with van der Waals surface area (Å²) in [5, 5.41) is 28.3. The highest BCUT2D eigenvalue weighted by atomic mass is 16.5. The minimum Gasteiger partial charge on any atom is -0.481 e. The van der Waals surface area contributed by atoms with E-state index in [1.807, 2.05) is 0 Å². The molecule has 0 heterocycles.